The van der Waals surface area contributed by atoms with Crippen LogP contribution >= 0.6 is 0 Å². The Labute approximate surface area is 125 Å². The first kappa shape index (κ1) is 14.2. The summed E-state index contributed by atoms with van der Waals surface area (Å²) in [4.78, 5) is 12.0. The molecule has 0 bridgehead atoms. The molecule has 2 atom stereocenters. The Hall–Kier alpha value is -1.71. The summed E-state index contributed by atoms with van der Waals surface area (Å²) >= 11 is 0. The highest BCUT2D eigenvalue weighted by Gasteiger charge is 2.39. The van der Waals surface area contributed by atoms with Crippen molar-refractivity contribution in [2.45, 2.75) is 32.6 Å². The van der Waals surface area contributed by atoms with E-state index in [9.17, 15) is 4.79 Å². The molecule has 1 fully saturated rings. The fourth-order valence-electron chi connectivity index (χ4n) is 2.69. The van der Waals surface area contributed by atoms with Gasteiger partial charge in [0.2, 0.25) is 5.91 Å². The van der Waals surface area contributed by atoms with Crippen LogP contribution in [0, 0.1) is 11.8 Å². The van der Waals surface area contributed by atoms with Gasteiger partial charge in [-0.2, -0.15) is 0 Å². The Kier molecular flexibility index (Phi) is 3.56. The largest absolute Gasteiger partial charge is 0.486 e. The Morgan fingerprint density at radius 2 is 1.95 bits per heavy atom. The van der Waals surface area contributed by atoms with E-state index in [1.165, 1.54) is 0 Å². The van der Waals surface area contributed by atoms with Crippen LogP contribution < -0.4 is 14.8 Å². The van der Waals surface area contributed by atoms with Crippen LogP contribution in [-0.2, 0) is 10.2 Å². The Morgan fingerprint density at radius 3 is 2.62 bits per heavy atom. The fourth-order valence-corrected chi connectivity index (χ4v) is 2.69. The molecule has 1 aliphatic heterocycles. The number of benzene rings is 1. The van der Waals surface area contributed by atoms with E-state index >= 15 is 0 Å². The van der Waals surface area contributed by atoms with Crippen LogP contribution in [0.1, 0.15) is 32.8 Å². The second-order valence-corrected chi connectivity index (χ2v) is 6.78. The summed E-state index contributed by atoms with van der Waals surface area (Å²) in [5.41, 5.74) is 1.01. The first-order chi connectivity index (χ1) is 9.97. The molecule has 0 spiro atoms. The maximum atomic E-state index is 12.0. The summed E-state index contributed by atoms with van der Waals surface area (Å²) < 4.78 is 11.2. The number of carbonyl (C=O) groups excluding carboxylic acids is 1. The summed E-state index contributed by atoms with van der Waals surface area (Å²) in [5.74, 6) is 2.56. The van der Waals surface area contributed by atoms with Crippen molar-refractivity contribution in [3.05, 3.63) is 23.8 Å². The number of hydrogen-bond acceptors (Lipinski definition) is 3. The highest BCUT2D eigenvalue weighted by atomic mass is 16.6. The lowest BCUT2D eigenvalue weighted by Gasteiger charge is -2.28. The molecule has 2 aliphatic rings. The van der Waals surface area contributed by atoms with Crippen LogP contribution in [0.15, 0.2) is 18.2 Å². The maximum Gasteiger partial charge on any atom is 0.223 e. The van der Waals surface area contributed by atoms with Crippen molar-refractivity contribution in [1.82, 2.24) is 5.32 Å². The average Bonchev–Trinajstić information content (AvgIpc) is 3.21. The van der Waals surface area contributed by atoms with E-state index in [-0.39, 0.29) is 17.2 Å². The minimum atomic E-state index is -0.135. The Bertz CT molecular complexity index is 553. The van der Waals surface area contributed by atoms with E-state index in [1.807, 2.05) is 12.1 Å². The third-order valence-corrected chi connectivity index (χ3v) is 4.47. The van der Waals surface area contributed by atoms with Gasteiger partial charge in [-0.25, -0.2) is 0 Å². The molecular weight excluding hydrogens is 266 g/mol. The zero-order valence-electron chi connectivity index (χ0n) is 12.9. The van der Waals surface area contributed by atoms with Crippen LogP contribution in [0.4, 0.5) is 0 Å². The zero-order chi connectivity index (χ0) is 15.0. The molecule has 1 saturated carbocycles. The SMILES string of the molecule is C[C@@H]1C[C@H]1C(=O)NCC(C)(C)c1ccc2c(c1)OCCO2. The van der Waals surface area contributed by atoms with Gasteiger partial charge in [0.05, 0.1) is 0 Å². The van der Waals surface area contributed by atoms with Crippen molar-refractivity contribution in [2.24, 2.45) is 11.8 Å². The van der Waals surface area contributed by atoms with Crippen molar-refractivity contribution in [2.75, 3.05) is 19.8 Å². The smallest absolute Gasteiger partial charge is 0.223 e. The number of fused-ring (bicyclic) bond motifs is 1. The first-order valence-corrected chi connectivity index (χ1v) is 7.65. The lowest BCUT2D eigenvalue weighted by atomic mass is 9.84. The molecule has 0 radical (unpaired) electrons. The topological polar surface area (TPSA) is 47.6 Å². The van der Waals surface area contributed by atoms with Gasteiger partial charge >= 0.3 is 0 Å². The van der Waals surface area contributed by atoms with Crippen molar-refractivity contribution in [1.29, 1.82) is 0 Å². The number of ether oxygens (including phenoxy) is 2. The van der Waals surface area contributed by atoms with E-state index in [1.54, 1.807) is 0 Å². The average molecular weight is 289 g/mol. The summed E-state index contributed by atoms with van der Waals surface area (Å²) in [7, 11) is 0. The fraction of sp³-hybridized carbons (Fsp3) is 0.588. The van der Waals surface area contributed by atoms with Crippen LogP contribution in [-0.4, -0.2) is 25.7 Å². The predicted octanol–water partition coefficient (Wildman–Crippen LogP) is 2.51. The van der Waals surface area contributed by atoms with E-state index < -0.39 is 0 Å². The van der Waals surface area contributed by atoms with Crippen LogP contribution in [0.3, 0.4) is 0 Å². The summed E-state index contributed by atoms with van der Waals surface area (Å²) in [6.45, 7) is 8.22. The summed E-state index contributed by atoms with van der Waals surface area (Å²) in [6.07, 6.45) is 1.02. The molecule has 3 rings (SSSR count). The molecule has 0 saturated heterocycles. The van der Waals surface area contributed by atoms with Crippen molar-refractivity contribution < 1.29 is 14.3 Å². The molecule has 1 aromatic carbocycles. The second kappa shape index (κ2) is 5.24. The molecular formula is C17H23NO3. The normalized spacial score (nSPS) is 23.6. The third kappa shape index (κ3) is 2.99. The highest BCUT2D eigenvalue weighted by molar-refractivity contribution is 5.81. The van der Waals surface area contributed by atoms with Gasteiger partial charge in [-0.15, -0.1) is 0 Å². The van der Waals surface area contributed by atoms with Gasteiger partial charge in [-0.1, -0.05) is 26.8 Å². The number of nitrogens with one attached hydrogen (secondary N) is 1. The van der Waals surface area contributed by atoms with E-state index in [4.69, 9.17) is 9.47 Å². The van der Waals surface area contributed by atoms with Crippen LogP contribution in [0.25, 0.3) is 0 Å². The van der Waals surface area contributed by atoms with E-state index in [0.717, 1.165) is 23.5 Å². The van der Waals surface area contributed by atoms with Gasteiger partial charge in [0, 0.05) is 17.9 Å². The van der Waals surface area contributed by atoms with Gasteiger partial charge in [-0.05, 0) is 30.0 Å². The molecule has 0 unspecified atom stereocenters. The number of amides is 1. The molecule has 1 N–H and O–H groups in total. The minimum Gasteiger partial charge on any atom is -0.486 e. The molecule has 1 aliphatic carbocycles. The number of carbonyl (C=O) groups is 1. The lowest BCUT2D eigenvalue weighted by molar-refractivity contribution is -0.122. The molecule has 21 heavy (non-hydrogen) atoms. The second-order valence-electron chi connectivity index (χ2n) is 6.78. The van der Waals surface area contributed by atoms with Gasteiger partial charge in [-0.3, -0.25) is 4.79 Å². The Morgan fingerprint density at radius 1 is 1.29 bits per heavy atom. The van der Waals surface area contributed by atoms with E-state index in [2.05, 4.69) is 32.2 Å². The molecule has 4 nitrogen and oxygen atoms in total. The van der Waals surface area contributed by atoms with Crippen molar-refractivity contribution >= 4 is 5.91 Å². The predicted molar refractivity (Wildman–Crippen MR) is 80.7 cm³/mol. The molecule has 4 heteroatoms. The number of rotatable bonds is 4. The van der Waals surface area contributed by atoms with Crippen LogP contribution in [0.2, 0.25) is 0 Å². The molecule has 0 aromatic heterocycles. The molecule has 114 valence electrons. The highest BCUT2D eigenvalue weighted by Crippen LogP contribution is 2.38. The van der Waals surface area contributed by atoms with E-state index in [0.29, 0.717) is 25.7 Å². The Balaban J connectivity index is 1.67. The van der Waals surface area contributed by atoms with Crippen molar-refractivity contribution in [3.63, 3.8) is 0 Å². The standard InChI is InChI=1S/C17H23NO3/c1-11-8-13(11)16(19)18-10-17(2,3)12-4-5-14-15(9-12)21-7-6-20-14/h4-5,9,11,13H,6-8,10H2,1-3H3,(H,18,19)/t11-,13-/m1/s1. The first-order valence-electron chi connectivity index (χ1n) is 7.65. The monoisotopic (exact) mass is 289 g/mol. The molecule has 1 aromatic rings. The molecule has 1 heterocycles. The summed E-state index contributed by atoms with van der Waals surface area (Å²) in [5, 5.41) is 3.08. The number of hydrogen-bond donors (Lipinski definition) is 1. The maximum absolute atomic E-state index is 12.0. The minimum absolute atomic E-state index is 0.135. The van der Waals surface area contributed by atoms with Gasteiger partial charge in [0.15, 0.2) is 11.5 Å². The van der Waals surface area contributed by atoms with Gasteiger partial charge in [0.25, 0.3) is 0 Å². The summed E-state index contributed by atoms with van der Waals surface area (Å²) in [6, 6.07) is 6.04. The van der Waals surface area contributed by atoms with Gasteiger partial charge < -0.3 is 14.8 Å². The van der Waals surface area contributed by atoms with Crippen LogP contribution in [0.5, 0.6) is 11.5 Å². The van der Waals surface area contributed by atoms with Gasteiger partial charge in [0.1, 0.15) is 13.2 Å². The zero-order valence-corrected chi connectivity index (χ0v) is 12.9. The quantitative estimate of drug-likeness (QED) is 0.926. The van der Waals surface area contributed by atoms with Crippen molar-refractivity contribution in [3.8, 4) is 11.5 Å². The molecule has 1 amide bonds. The third-order valence-electron chi connectivity index (χ3n) is 4.47. The lowest BCUT2D eigenvalue weighted by Crippen LogP contribution is -2.37.